The second-order valence-corrected chi connectivity index (χ2v) is 3.58. The number of nitrogens with one attached hydrogen (secondary N) is 1. The van der Waals surface area contributed by atoms with E-state index in [2.05, 4.69) is 5.32 Å². The summed E-state index contributed by atoms with van der Waals surface area (Å²) >= 11 is 0. The molecule has 0 spiro atoms. The number of amides is 1. The maximum absolute atomic E-state index is 13.5. The Hall–Kier alpha value is -1.62. The molecular formula is C11H13FN2O2. The molecule has 2 N–H and O–H groups in total. The third kappa shape index (κ3) is 1.86. The predicted octanol–water partition coefficient (Wildman–Crippen LogP) is 0.967. The van der Waals surface area contributed by atoms with E-state index >= 15 is 0 Å². The van der Waals surface area contributed by atoms with Crippen molar-refractivity contribution in [3.05, 3.63) is 24.0 Å². The lowest BCUT2D eigenvalue weighted by Gasteiger charge is -2.21. The predicted molar refractivity (Wildman–Crippen MR) is 58.9 cm³/mol. The highest BCUT2D eigenvalue weighted by molar-refractivity contribution is 5.98. The highest BCUT2D eigenvalue weighted by Gasteiger charge is 2.23. The number of β-amino-alcohol motifs (C(OH)–C–C–N with tert-alkyl or cyclic N) is 1. The molecule has 86 valence electrons. The second kappa shape index (κ2) is 4.49. The standard InChI is InChI=1S/C11H13FN2O2/c12-8-2-1-3-9-11(8)13-5-4-10(16)14(9)6-7-15/h1-3,13,15H,4-7H2. The maximum atomic E-state index is 13.5. The lowest BCUT2D eigenvalue weighted by Crippen LogP contribution is -2.32. The van der Waals surface area contributed by atoms with E-state index in [9.17, 15) is 9.18 Å². The van der Waals surface area contributed by atoms with Crippen molar-refractivity contribution in [3.63, 3.8) is 0 Å². The van der Waals surface area contributed by atoms with Gasteiger partial charge in [-0.15, -0.1) is 0 Å². The topological polar surface area (TPSA) is 52.6 Å². The van der Waals surface area contributed by atoms with Gasteiger partial charge in [-0.1, -0.05) is 6.07 Å². The van der Waals surface area contributed by atoms with Crippen LogP contribution in [-0.2, 0) is 4.79 Å². The van der Waals surface area contributed by atoms with Gasteiger partial charge in [0.25, 0.3) is 0 Å². The van der Waals surface area contributed by atoms with E-state index in [0.717, 1.165) is 0 Å². The zero-order valence-corrected chi connectivity index (χ0v) is 8.74. The number of benzene rings is 1. The Morgan fingerprint density at radius 3 is 3.06 bits per heavy atom. The minimum atomic E-state index is -0.380. The molecule has 0 radical (unpaired) electrons. The summed E-state index contributed by atoms with van der Waals surface area (Å²) in [5.74, 6) is -0.485. The Morgan fingerprint density at radius 2 is 2.31 bits per heavy atom. The van der Waals surface area contributed by atoms with Gasteiger partial charge in [-0.2, -0.15) is 0 Å². The molecule has 16 heavy (non-hydrogen) atoms. The number of para-hydroxylation sites is 1. The first-order valence-electron chi connectivity index (χ1n) is 5.17. The van der Waals surface area contributed by atoms with Gasteiger partial charge in [-0.25, -0.2) is 4.39 Å². The van der Waals surface area contributed by atoms with Gasteiger partial charge in [0.05, 0.1) is 18.0 Å². The molecular weight excluding hydrogens is 211 g/mol. The van der Waals surface area contributed by atoms with Gasteiger partial charge in [0.15, 0.2) is 0 Å². The fourth-order valence-electron chi connectivity index (χ4n) is 1.82. The monoisotopic (exact) mass is 224 g/mol. The molecule has 0 bridgehead atoms. The van der Waals surface area contributed by atoms with Crippen LogP contribution in [-0.4, -0.2) is 30.7 Å². The number of rotatable bonds is 2. The third-order valence-electron chi connectivity index (χ3n) is 2.55. The van der Waals surface area contributed by atoms with Crippen LogP contribution in [0, 0.1) is 5.82 Å². The summed E-state index contributed by atoms with van der Waals surface area (Å²) < 4.78 is 13.5. The highest BCUT2D eigenvalue weighted by Crippen LogP contribution is 2.30. The molecule has 0 unspecified atom stereocenters. The van der Waals surface area contributed by atoms with E-state index < -0.39 is 0 Å². The first-order chi connectivity index (χ1) is 7.74. The number of halogens is 1. The molecule has 1 heterocycles. The molecule has 0 aliphatic carbocycles. The van der Waals surface area contributed by atoms with E-state index in [-0.39, 0.29) is 24.9 Å². The van der Waals surface area contributed by atoms with E-state index in [1.807, 2.05) is 0 Å². The van der Waals surface area contributed by atoms with Crippen molar-refractivity contribution >= 4 is 17.3 Å². The number of carbonyl (C=O) groups excluding carboxylic acids is 1. The molecule has 0 fully saturated rings. The Kier molecular flexibility index (Phi) is 3.05. The molecule has 1 aliphatic rings. The van der Waals surface area contributed by atoms with Crippen molar-refractivity contribution in [1.29, 1.82) is 0 Å². The number of hydrogen-bond acceptors (Lipinski definition) is 3. The molecule has 0 saturated heterocycles. The van der Waals surface area contributed by atoms with E-state index in [0.29, 0.717) is 24.3 Å². The van der Waals surface area contributed by atoms with Crippen LogP contribution < -0.4 is 10.2 Å². The molecule has 0 atom stereocenters. The molecule has 1 aliphatic heterocycles. The SMILES string of the molecule is O=C1CCNc2c(F)cccc2N1CCO. The molecule has 0 saturated carbocycles. The smallest absolute Gasteiger partial charge is 0.228 e. The second-order valence-electron chi connectivity index (χ2n) is 3.58. The zero-order valence-electron chi connectivity index (χ0n) is 8.74. The summed E-state index contributed by atoms with van der Waals surface area (Å²) in [4.78, 5) is 13.1. The van der Waals surface area contributed by atoms with Crippen LogP contribution >= 0.6 is 0 Å². The van der Waals surface area contributed by atoms with Gasteiger partial charge in [-0.05, 0) is 12.1 Å². The Labute approximate surface area is 92.7 Å². The summed E-state index contributed by atoms with van der Waals surface area (Å²) in [6.07, 6.45) is 0.300. The average molecular weight is 224 g/mol. The minimum Gasteiger partial charge on any atom is -0.395 e. The maximum Gasteiger partial charge on any atom is 0.228 e. The number of aliphatic hydroxyl groups excluding tert-OH is 1. The average Bonchev–Trinajstić information content (AvgIpc) is 2.42. The third-order valence-corrected chi connectivity index (χ3v) is 2.55. The zero-order chi connectivity index (χ0) is 11.5. The number of anilines is 2. The van der Waals surface area contributed by atoms with Gasteiger partial charge < -0.3 is 15.3 Å². The van der Waals surface area contributed by atoms with Crippen LogP contribution in [0.4, 0.5) is 15.8 Å². The quantitative estimate of drug-likeness (QED) is 0.787. The summed E-state index contributed by atoms with van der Waals surface area (Å²) in [5, 5.41) is 11.8. The molecule has 1 amide bonds. The van der Waals surface area contributed by atoms with Crippen LogP contribution in [0.5, 0.6) is 0 Å². The summed E-state index contributed by atoms with van der Waals surface area (Å²) in [6, 6.07) is 4.57. The molecule has 4 nitrogen and oxygen atoms in total. The summed E-state index contributed by atoms with van der Waals surface area (Å²) in [5.41, 5.74) is 0.832. The van der Waals surface area contributed by atoms with Crippen molar-refractivity contribution in [3.8, 4) is 0 Å². The number of hydrogen-bond donors (Lipinski definition) is 2. The van der Waals surface area contributed by atoms with E-state index in [4.69, 9.17) is 5.11 Å². The molecule has 1 aromatic carbocycles. The van der Waals surface area contributed by atoms with Crippen molar-refractivity contribution in [2.24, 2.45) is 0 Å². The van der Waals surface area contributed by atoms with Crippen molar-refractivity contribution in [1.82, 2.24) is 0 Å². The lowest BCUT2D eigenvalue weighted by atomic mass is 10.2. The van der Waals surface area contributed by atoms with Crippen LogP contribution in [0.25, 0.3) is 0 Å². The summed E-state index contributed by atoms with van der Waals surface area (Å²) in [7, 11) is 0. The Morgan fingerprint density at radius 1 is 1.50 bits per heavy atom. The number of aliphatic hydroxyl groups is 1. The fraction of sp³-hybridized carbons (Fsp3) is 0.364. The molecule has 5 heteroatoms. The van der Waals surface area contributed by atoms with Crippen molar-refractivity contribution in [2.45, 2.75) is 6.42 Å². The molecule has 0 aromatic heterocycles. The fourth-order valence-corrected chi connectivity index (χ4v) is 1.82. The summed E-state index contributed by atoms with van der Waals surface area (Å²) in [6.45, 7) is 0.466. The van der Waals surface area contributed by atoms with Gasteiger partial charge in [0.2, 0.25) is 5.91 Å². The highest BCUT2D eigenvalue weighted by atomic mass is 19.1. The number of nitrogens with zero attached hydrogens (tertiary/aromatic N) is 1. The normalized spacial score (nSPS) is 15.4. The molecule has 2 rings (SSSR count). The first kappa shape index (κ1) is 10.9. The lowest BCUT2D eigenvalue weighted by molar-refractivity contribution is -0.118. The van der Waals surface area contributed by atoms with E-state index in [1.165, 1.54) is 11.0 Å². The number of carbonyl (C=O) groups is 1. The van der Waals surface area contributed by atoms with Crippen LogP contribution in [0.1, 0.15) is 6.42 Å². The van der Waals surface area contributed by atoms with Crippen LogP contribution in [0.3, 0.4) is 0 Å². The minimum absolute atomic E-state index is 0.106. The van der Waals surface area contributed by atoms with E-state index in [1.54, 1.807) is 12.1 Å². The van der Waals surface area contributed by atoms with Crippen molar-refractivity contribution in [2.75, 3.05) is 29.9 Å². The molecule has 1 aromatic rings. The van der Waals surface area contributed by atoms with Gasteiger partial charge in [0.1, 0.15) is 5.82 Å². The van der Waals surface area contributed by atoms with Crippen LogP contribution in [0.15, 0.2) is 18.2 Å². The van der Waals surface area contributed by atoms with Gasteiger partial charge >= 0.3 is 0 Å². The first-order valence-corrected chi connectivity index (χ1v) is 5.17. The number of fused-ring (bicyclic) bond motifs is 1. The Bertz CT molecular complexity index is 409. The largest absolute Gasteiger partial charge is 0.395 e. The van der Waals surface area contributed by atoms with Crippen LogP contribution in [0.2, 0.25) is 0 Å². The van der Waals surface area contributed by atoms with Crippen molar-refractivity contribution < 1.29 is 14.3 Å². The van der Waals surface area contributed by atoms with Gasteiger partial charge in [0, 0.05) is 19.5 Å². The van der Waals surface area contributed by atoms with Gasteiger partial charge in [-0.3, -0.25) is 4.79 Å². The Balaban J connectivity index is 2.45.